The molecule has 1 aliphatic rings. The molecule has 1 amide bonds. The van der Waals surface area contributed by atoms with E-state index in [9.17, 15) is 9.90 Å². The summed E-state index contributed by atoms with van der Waals surface area (Å²) in [4.78, 5) is 12.1. The third kappa shape index (κ3) is 2.10. The van der Waals surface area contributed by atoms with Gasteiger partial charge in [0, 0.05) is 10.2 Å². The predicted molar refractivity (Wildman–Crippen MR) is 80.4 cm³/mol. The van der Waals surface area contributed by atoms with E-state index in [-0.39, 0.29) is 17.4 Å². The number of carbonyl (C=O) groups excluding carboxylic acids is 1. The van der Waals surface area contributed by atoms with Gasteiger partial charge in [-0.25, -0.2) is 0 Å². The van der Waals surface area contributed by atoms with Gasteiger partial charge in [0.1, 0.15) is 11.7 Å². The topological polar surface area (TPSA) is 73.2 Å². The van der Waals surface area contributed by atoms with Crippen LogP contribution in [0.3, 0.4) is 0 Å². The van der Waals surface area contributed by atoms with E-state index < -0.39 is 5.92 Å². The number of nitrogens with one attached hydrogen (secondary N) is 2. The van der Waals surface area contributed by atoms with Crippen molar-refractivity contribution in [3.63, 3.8) is 0 Å². The predicted octanol–water partition coefficient (Wildman–Crippen LogP) is 3.26. The molecule has 4 nitrogen and oxygen atoms in total. The molecule has 0 bridgehead atoms. The van der Waals surface area contributed by atoms with E-state index in [1.165, 1.54) is 12.1 Å². The fraction of sp³-hybridized carbons (Fsp3) is 0.0667. The SMILES string of the molecule is N=C(c1ccc(O)cc1)C1C(=O)Nc2ccc(Br)cc21. The number of carbonyl (C=O) groups is 1. The Morgan fingerprint density at radius 2 is 1.90 bits per heavy atom. The fourth-order valence-electron chi connectivity index (χ4n) is 2.33. The van der Waals surface area contributed by atoms with Gasteiger partial charge in [0.05, 0.1) is 5.71 Å². The maximum atomic E-state index is 12.1. The normalized spacial score (nSPS) is 16.6. The van der Waals surface area contributed by atoms with Gasteiger partial charge in [-0.2, -0.15) is 0 Å². The van der Waals surface area contributed by atoms with Crippen molar-refractivity contribution in [2.75, 3.05) is 5.32 Å². The first-order chi connectivity index (χ1) is 9.56. The van der Waals surface area contributed by atoms with Crippen molar-refractivity contribution in [3.05, 3.63) is 58.1 Å². The minimum absolute atomic E-state index is 0.139. The minimum Gasteiger partial charge on any atom is -0.508 e. The second-order valence-corrected chi connectivity index (χ2v) is 5.53. The lowest BCUT2D eigenvalue weighted by Gasteiger charge is -2.11. The average Bonchev–Trinajstić information content (AvgIpc) is 2.74. The number of phenols is 1. The summed E-state index contributed by atoms with van der Waals surface area (Å²) in [5.41, 5.74) is 2.38. The molecule has 100 valence electrons. The summed E-state index contributed by atoms with van der Waals surface area (Å²) < 4.78 is 0.872. The first-order valence-electron chi connectivity index (χ1n) is 6.04. The number of anilines is 1. The molecule has 2 aromatic rings. The van der Waals surface area contributed by atoms with E-state index in [0.29, 0.717) is 5.56 Å². The van der Waals surface area contributed by atoms with E-state index in [0.717, 1.165) is 15.7 Å². The van der Waals surface area contributed by atoms with E-state index in [2.05, 4.69) is 21.2 Å². The lowest BCUT2D eigenvalue weighted by molar-refractivity contribution is -0.115. The van der Waals surface area contributed by atoms with Crippen molar-refractivity contribution < 1.29 is 9.90 Å². The van der Waals surface area contributed by atoms with Crippen LogP contribution in [0.5, 0.6) is 5.75 Å². The number of benzene rings is 2. The quantitative estimate of drug-likeness (QED) is 0.739. The summed E-state index contributed by atoms with van der Waals surface area (Å²) >= 11 is 3.38. The van der Waals surface area contributed by atoms with E-state index in [1.54, 1.807) is 12.1 Å². The van der Waals surface area contributed by atoms with Gasteiger partial charge in [0.15, 0.2) is 0 Å². The van der Waals surface area contributed by atoms with Crippen LogP contribution >= 0.6 is 15.9 Å². The summed E-state index contributed by atoms with van der Waals surface area (Å²) in [5.74, 6) is -0.677. The molecule has 1 unspecified atom stereocenters. The fourth-order valence-corrected chi connectivity index (χ4v) is 2.71. The van der Waals surface area contributed by atoms with Crippen molar-refractivity contribution in [2.24, 2.45) is 0 Å². The number of aromatic hydroxyl groups is 1. The molecule has 5 heteroatoms. The molecule has 3 rings (SSSR count). The van der Waals surface area contributed by atoms with Gasteiger partial charge in [-0.3, -0.25) is 4.79 Å². The van der Waals surface area contributed by atoms with Gasteiger partial charge in [-0.15, -0.1) is 0 Å². The first-order valence-corrected chi connectivity index (χ1v) is 6.84. The Balaban J connectivity index is 2.02. The van der Waals surface area contributed by atoms with Crippen LogP contribution in [0, 0.1) is 5.41 Å². The number of halogens is 1. The van der Waals surface area contributed by atoms with E-state index in [1.807, 2.05) is 18.2 Å². The van der Waals surface area contributed by atoms with Gasteiger partial charge in [0.25, 0.3) is 0 Å². The number of amides is 1. The highest BCUT2D eigenvalue weighted by Crippen LogP contribution is 2.36. The molecule has 20 heavy (non-hydrogen) atoms. The van der Waals surface area contributed by atoms with Crippen LogP contribution in [-0.2, 0) is 4.79 Å². The zero-order chi connectivity index (χ0) is 14.3. The highest BCUT2D eigenvalue weighted by molar-refractivity contribution is 9.10. The molecule has 1 atom stereocenters. The summed E-state index contributed by atoms with van der Waals surface area (Å²) in [6.45, 7) is 0. The molecule has 0 radical (unpaired) electrons. The van der Waals surface area contributed by atoms with Crippen molar-refractivity contribution >= 4 is 33.2 Å². The number of phenolic OH excluding ortho intramolecular Hbond substituents is 1. The van der Waals surface area contributed by atoms with Gasteiger partial charge < -0.3 is 15.8 Å². The van der Waals surface area contributed by atoms with E-state index in [4.69, 9.17) is 5.41 Å². The first kappa shape index (κ1) is 12.9. The van der Waals surface area contributed by atoms with Gasteiger partial charge in [-0.1, -0.05) is 15.9 Å². The van der Waals surface area contributed by atoms with Crippen LogP contribution in [0.4, 0.5) is 5.69 Å². The smallest absolute Gasteiger partial charge is 0.238 e. The zero-order valence-electron chi connectivity index (χ0n) is 10.4. The van der Waals surface area contributed by atoms with Crippen molar-refractivity contribution in [1.29, 1.82) is 5.41 Å². The number of rotatable bonds is 2. The van der Waals surface area contributed by atoms with Crippen molar-refractivity contribution in [3.8, 4) is 5.75 Å². The standard InChI is InChI=1S/C15H11BrN2O2/c16-9-3-6-12-11(7-9)13(15(20)18-12)14(17)8-1-4-10(19)5-2-8/h1-7,13,17,19H,(H,18,20). The second kappa shape index (κ2) is 4.76. The molecule has 1 heterocycles. The zero-order valence-corrected chi connectivity index (χ0v) is 11.9. The lowest BCUT2D eigenvalue weighted by Crippen LogP contribution is -2.21. The Bertz CT molecular complexity index is 710. The molecule has 0 fully saturated rings. The van der Waals surface area contributed by atoms with Crippen LogP contribution in [-0.4, -0.2) is 16.7 Å². The molecule has 0 saturated heterocycles. The Kier molecular flexibility index (Phi) is 3.06. The largest absolute Gasteiger partial charge is 0.508 e. The maximum Gasteiger partial charge on any atom is 0.238 e. The van der Waals surface area contributed by atoms with Crippen LogP contribution in [0.2, 0.25) is 0 Å². The Hall–Kier alpha value is -2.14. The molecular weight excluding hydrogens is 320 g/mol. The number of hydrogen-bond acceptors (Lipinski definition) is 3. The Labute approximate surface area is 124 Å². The molecule has 0 spiro atoms. The van der Waals surface area contributed by atoms with E-state index >= 15 is 0 Å². The third-order valence-electron chi connectivity index (χ3n) is 3.31. The molecule has 1 aliphatic heterocycles. The second-order valence-electron chi connectivity index (χ2n) is 4.61. The molecule has 3 N–H and O–H groups in total. The van der Waals surface area contributed by atoms with Crippen molar-refractivity contribution in [1.82, 2.24) is 0 Å². The van der Waals surface area contributed by atoms with Gasteiger partial charge >= 0.3 is 0 Å². The lowest BCUT2D eigenvalue weighted by atomic mass is 9.91. The highest BCUT2D eigenvalue weighted by atomic mass is 79.9. The summed E-state index contributed by atoms with van der Waals surface area (Å²) in [7, 11) is 0. The van der Waals surface area contributed by atoms with Crippen LogP contribution in [0.25, 0.3) is 0 Å². The third-order valence-corrected chi connectivity index (χ3v) is 3.80. The summed E-state index contributed by atoms with van der Waals surface area (Å²) in [5, 5.41) is 20.4. The van der Waals surface area contributed by atoms with Crippen molar-refractivity contribution in [2.45, 2.75) is 5.92 Å². The maximum absolute atomic E-state index is 12.1. The minimum atomic E-state index is -0.618. The molecular formula is C15H11BrN2O2. The number of fused-ring (bicyclic) bond motifs is 1. The van der Waals surface area contributed by atoms with Crippen LogP contribution in [0.15, 0.2) is 46.9 Å². The van der Waals surface area contributed by atoms with Crippen LogP contribution in [0.1, 0.15) is 17.0 Å². The highest BCUT2D eigenvalue weighted by Gasteiger charge is 2.34. The summed E-state index contributed by atoms with van der Waals surface area (Å²) in [6, 6.07) is 11.8. The monoisotopic (exact) mass is 330 g/mol. The molecule has 2 aromatic carbocycles. The molecule has 0 saturated carbocycles. The Morgan fingerprint density at radius 3 is 2.60 bits per heavy atom. The van der Waals surface area contributed by atoms with Gasteiger partial charge in [-0.05, 0) is 53.6 Å². The molecule has 0 aromatic heterocycles. The van der Waals surface area contributed by atoms with Gasteiger partial charge in [0.2, 0.25) is 5.91 Å². The summed E-state index contributed by atoms with van der Waals surface area (Å²) in [6.07, 6.45) is 0. The number of hydrogen-bond donors (Lipinski definition) is 3. The van der Waals surface area contributed by atoms with Crippen LogP contribution < -0.4 is 5.32 Å². The average molecular weight is 331 g/mol. The molecule has 0 aliphatic carbocycles. The Morgan fingerprint density at radius 1 is 1.20 bits per heavy atom.